The number of nitrogens with zero attached hydrogens (tertiary/aromatic N) is 5. The zero-order chi connectivity index (χ0) is 21.4. The number of halogens is 3. The second-order valence-corrected chi connectivity index (χ2v) is 6.96. The molecule has 0 spiro atoms. The zero-order valence-corrected chi connectivity index (χ0v) is 16.7. The van der Waals surface area contributed by atoms with Crippen LogP contribution >= 0.6 is 11.6 Å². The van der Waals surface area contributed by atoms with E-state index < -0.39 is 18.6 Å². The van der Waals surface area contributed by atoms with Crippen molar-refractivity contribution in [3.63, 3.8) is 0 Å². The Bertz CT molecular complexity index is 1220. The maximum Gasteiger partial charge on any atom is 0.378 e. The summed E-state index contributed by atoms with van der Waals surface area (Å²) in [6, 6.07) is 13.3. The number of rotatable bonds is 5. The van der Waals surface area contributed by atoms with Crippen molar-refractivity contribution >= 4 is 28.6 Å². The molecule has 1 atom stereocenters. The van der Waals surface area contributed by atoms with Crippen LogP contribution < -0.4 is 0 Å². The van der Waals surface area contributed by atoms with Gasteiger partial charge in [-0.2, -0.15) is 8.78 Å². The number of aromatic nitrogens is 5. The fourth-order valence-electron chi connectivity index (χ4n) is 3.12. The van der Waals surface area contributed by atoms with E-state index in [4.69, 9.17) is 16.3 Å². The molecule has 0 bridgehead atoms. The second-order valence-electron chi connectivity index (χ2n) is 6.52. The van der Waals surface area contributed by atoms with Crippen molar-refractivity contribution in [2.75, 3.05) is 0 Å². The molecular formula is C20H16ClF2N5O2. The van der Waals surface area contributed by atoms with Gasteiger partial charge in [-0.3, -0.25) is 4.57 Å². The van der Waals surface area contributed by atoms with Gasteiger partial charge < -0.3 is 4.74 Å². The number of esters is 1. The summed E-state index contributed by atoms with van der Waals surface area (Å²) in [6.45, 7) is 0.317. The number of benzene rings is 2. The number of alkyl halides is 2. The number of hydrogen-bond acceptors (Lipinski definition) is 5. The second kappa shape index (κ2) is 7.83. The predicted molar refractivity (Wildman–Crippen MR) is 106 cm³/mol. The van der Waals surface area contributed by atoms with Gasteiger partial charge in [-0.1, -0.05) is 23.7 Å². The Morgan fingerprint density at radius 3 is 2.50 bits per heavy atom. The van der Waals surface area contributed by atoms with E-state index in [0.29, 0.717) is 22.1 Å². The lowest BCUT2D eigenvalue weighted by Crippen LogP contribution is -2.15. The van der Waals surface area contributed by atoms with Gasteiger partial charge in [0, 0.05) is 5.02 Å². The number of aryl methyl sites for hydroxylation is 1. The first kappa shape index (κ1) is 20.0. The van der Waals surface area contributed by atoms with Crippen LogP contribution in [0.3, 0.4) is 0 Å². The maximum atomic E-state index is 13.6. The molecule has 0 radical (unpaired) electrons. The van der Waals surface area contributed by atoms with Crippen LogP contribution in [0.15, 0.2) is 48.5 Å². The molecule has 7 nitrogen and oxygen atoms in total. The summed E-state index contributed by atoms with van der Waals surface area (Å²) in [7, 11) is 0. The van der Waals surface area contributed by atoms with Crippen LogP contribution in [-0.2, 0) is 4.74 Å². The first-order valence-electron chi connectivity index (χ1n) is 9.00. The summed E-state index contributed by atoms with van der Waals surface area (Å²) in [5, 5.41) is 4.73. The van der Waals surface area contributed by atoms with E-state index in [1.54, 1.807) is 49.4 Å². The van der Waals surface area contributed by atoms with Crippen LogP contribution in [0.2, 0.25) is 5.02 Å². The summed E-state index contributed by atoms with van der Waals surface area (Å²) in [6.07, 6.45) is -1.04. The quantitative estimate of drug-likeness (QED) is 0.420. The van der Waals surface area contributed by atoms with Crippen molar-refractivity contribution in [1.29, 1.82) is 0 Å². The number of hydrogen-bond donors (Lipinski definition) is 0. The van der Waals surface area contributed by atoms with Crippen LogP contribution in [0.4, 0.5) is 8.78 Å². The zero-order valence-electron chi connectivity index (χ0n) is 16.0. The van der Waals surface area contributed by atoms with Gasteiger partial charge in [0.25, 0.3) is 5.82 Å². The molecule has 154 valence electrons. The minimum Gasteiger partial charge on any atom is -0.449 e. The first-order valence-corrected chi connectivity index (χ1v) is 9.38. The minimum atomic E-state index is -2.84. The highest BCUT2D eigenvalue weighted by Crippen LogP contribution is 2.28. The van der Waals surface area contributed by atoms with Crippen molar-refractivity contribution in [2.45, 2.75) is 26.5 Å². The number of ether oxygens (including phenoxy) is 1. The Morgan fingerprint density at radius 1 is 1.10 bits per heavy atom. The molecule has 0 aliphatic rings. The van der Waals surface area contributed by atoms with Gasteiger partial charge >= 0.3 is 12.5 Å². The van der Waals surface area contributed by atoms with E-state index in [1.807, 2.05) is 0 Å². The molecule has 4 rings (SSSR count). The van der Waals surface area contributed by atoms with Gasteiger partial charge in [-0.25, -0.2) is 19.4 Å². The lowest BCUT2D eigenvalue weighted by atomic mass is 10.3. The fourth-order valence-corrected chi connectivity index (χ4v) is 3.25. The van der Waals surface area contributed by atoms with Gasteiger partial charge in [-0.15, -0.1) is 5.10 Å². The van der Waals surface area contributed by atoms with Crippen molar-refractivity contribution in [2.24, 2.45) is 0 Å². The van der Waals surface area contributed by atoms with Crippen LogP contribution in [0.1, 0.15) is 41.8 Å². The maximum absolute atomic E-state index is 13.6. The molecule has 2 heterocycles. The van der Waals surface area contributed by atoms with Gasteiger partial charge in [0.15, 0.2) is 11.9 Å². The molecule has 2 aromatic carbocycles. The summed E-state index contributed by atoms with van der Waals surface area (Å²) < 4.78 is 34.8. The van der Waals surface area contributed by atoms with E-state index in [2.05, 4.69) is 15.1 Å². The molecule has 0 amide bonds. The third-order valence-electron chi connectivity index (χ3n) is 4.49. The Morgan fingerprint density at radius 2 is 1.80 bits per heavy atom. The highest BCUT2D eigenvalue weighted by atomic mass is 35.5. The SMILES string of the molecule is Cc1nc(C(=O)OC(C)c2nc3ccccc3n2C(F)F)nn1-c1ccc(Cl)cc1. The lowest BCUT2D eigenvalue weighted by molar-refractivity contribution is 0.0221. The van der Waals surface area contributed by atoms with Crippen molar-refractivity contribution < 1.29 is 18.3 Å². The van der Waals surface area contributed by atoms with Gasteiger partial charge in [-0.05, 0) is 50.2 Å². The van der Waals surface area contributed by atoms with Crippen LogP contribution in [0.25, 0.3) is 16.7 Å². The van der Waals surface area contributed by atoms with Crippen molar-refractivity contribution in [1.82, 2.24) is 24.3 Å². The smallest absolute Gasteiger partial charge is 0.378 e. The fraction of sp³-hybridized carbons (Fsp3) is 0.200. The summed E-state index contributed by atoms with van der Waals surface area (Å²) in [5.74, 6) is -0.634. The normalized spacial score (nSPS) is 12.5. The average Bonchev–Trinajstić information content (AvgIpc) is 3.29. The van der Waals surface area contributed by atoms with E-state index in [9.17, 15) is 13.6 Å². The molecular weight excluding hydrogens is 416 g/mol. The van der Waals surface area contributed by atoms with Crippen molar-refractivity contribution in [3.05, 3.63) is 71.0 Å². The molecule has 10 heteroatoms. The third kappa shape index (κ3) is 3.63. The molecule has 1 unspecified atom stereocenters. The molecule has 0 saturated carbocycles. The van der Waals surface area contributed by atoms with E-state index in [0.717, 1.165) is 4.57 Å². The summed E-state index contributed by atoms with van der Waals surface area (Å²) in [4.78, 5) is 20.9. The lowest BCUT2D eigenvalue weighted by Gasteiger charge is -2.14. The summed E-state index contributed by atoms with van der Waals surface area (Å²) in [5.41, 5.74) is 1.30. The van der Waals surface area contributed by atoms with Crippen molar-refractivity contribution in [3.8, 4) is 5.69 Å². The number of carbonyl (C=O) groups is 1. The molecule has 0 aliphatic carbocycles. The highest BCUT2D eigenvalue weighted by molar-refractivity contribution is 6.30. The van der Waals surface area contributed by atoms with E-state index in [1.165, 1.54) is 17.7 Å². The van der Waals surface area contributed by atoms with Crippen LogP contribution in [0, 0.1) is 6.92 Å². The monoisotopic (exact) mass is 431 g/mol. The Kier molecular flexibility index (Phi) is 5.21. The standard InChI is InChI=1S/C20H16ClF2N5O2/c1-11(18-25-15-5-3-4-6-16(15)27(18)20(22)23)30-19(29)17-24-12(2)28(26-17)14-9-7-13(21)8-10-14/h3-11,20H,1-2H3. The molecule has 0 fully saturated rings. The number of fused-ring (bicyclic) bond motifs is 1. The predicted octanol–water partition coefficient (Wildman–Crippen LogP) is 4.89. The topological polar surface area (TPSA) is 74.8 Å². The highest BCUT2D eigenvalue weighted by Gasteiger charge is 2.26. The third-order valence-corrected chi connectivity index (χ3v) is 4.74. The first-order chi connectivity index (χ1) is 14.3. The molecule has 4 aromatic rings. The molecule has 2 aromatic heterocycles. The Balaban J connectivity index is 1.60. The summed E-state index contributed by atoms with van der Waals surface area (Å²) >= 11 is 5.89. The Labute approximate surface area is 174 Å². The minimum absolute atomic E-state index is 0.0617. The molecule has 0 saturated heterocycles. The largest absolute Gasteiger partial charge is 0.449 e. The van der Waals surface area contributed by atoms with E-state index in [-0.39, 0.29) is 17.2 Å². The van der Waals surface area contributed by atoms with Crippen LogP contribution in [-0.4, -0.2) is 30.3 Å². The number of imidazole rings is 1. The molecule has 0 aliphatic heterocycles. The van der Waals surface area contributed by atoms with Gasteiger partial charge in [0.1, 0.15) is 5.82 Å². The molecule has 0 N–H and O–H groups in total. The molecule has 30 heavy (non-hydrogen) atoms. The van der Waals surface area contributed by atoms with Gasteiger partial charge in [0.2, 0.25) is 0 Å². The number of carbonyl (C=O) groups excluding carboxylic acids is 1. The average molecular weight is 432 g/mol. The van der Waals surface area contributed by atoms with Crippen LogP contribution in [0.5, 0.6) is 0 Å². The number of para-hydroxylation sites is 2. The van der Waals surface area contributed by atoms with E-state index >= 15 is 0 Å². The Hall–Kier alpha value is -3.33. The van der Waals surface area contributed by atoms with Gasteiger partial charge in [0.05, 0.1) is 16.7 Å².